The molecule has 0 aromatic rings. The maximum atomic E-state index is 12.5. The third-order valence-corrected chi connectivity index (χ3v) is 11.7. The van der Waals surface area contributed by atoms with Gasteiger partial charge in [-0.3, -0.25) is 4.79 Å². The van der Waals surface area contributed by atoms with Crippen LogP contribution in [0.5, 0.6) is 0 Å². The number of fused-ring (bicyclic) bond motifs is 5. The standard InChI is InChI=1S/C31H54N2O6/c1-21(4-9-28(35)32-14-16-38-18-19-39-17-15-33-29(36)37)25-7-8-26-24-6-5-22-20-23(34)10-12-30(22,2)27(24)11-13-31(25,26)3/h21-27,33-34H,4-20H2,1-3H3,(H,32,35)(H,36,37)/t21?,22-,23-,24+,25-,26+,27+,30+,31-/m1/s1. The van der Waals surface area contributed by atoms with Crippen molar-refractivity contribution >= 4 is 12.0 Å². The molecule has 4 N–H and O–H groups in total. The number of ether oxygens (including phenoxy) is 2. The maximum absolute atomic E-state index is 12.5. The molecule has 4 saturated carbocycles. The van der Waals surface area contributed by atoms with E-state index < -0.39 is 6.09 Å². The van der Waals surface area contributed by atoms with Gasteiger partial charge in [0.05, 0.1) is 32.5 Å². The molecule has 0 bridgehead atoms. The molecule has 0 heterocycles. The molecule has 9 atom stereocenters. The summed E-state index contributed by atoms with van der Waals surface area (Å²) in [5.74, 6) is 4.62. The van der Waals surface area contributed by atoms with Crippen LogP contribution in [0.1, 0.15) is 91.4 Å². The Hall–Kier alpha value is -1.38. The second-order valence-corrected chi connectivity index (χ2v) is 13.6. The molecule has 0 radical (unpaired) electrons. The van der Waals surface area contributed by atoms with Gasteiger partial charge < -0.3 is 30.3 Å². The topological polar surface area (TPSA) is 117 Å². The van der Waals surface area contributed by atoms with Crippen molar-refractivity contribution in [3.05, 3.63) is 0 Å². The van der Waals surface area contributed by atoms with Crippen LogP contribution in [-0.2, 0) is 14.3 Å². The first-order valence-corrected chi connectivity index (χ1v) is 15.7. The van der Waals surface area contributed by atoms with Crippen molar-refractivity contribution in [1.82, 2.24) is 10.6 Å². The maximum Gasteiger partial charge on any atom is 0.404 e. The Kier molecular flexibility index (Phi) is 10.6. The van der Waals surface area contributed by atoms with E-state index in [2.05, 4.69) is 31.4 Å². The molecular weight excluding hydrogens is 496 g/mol. The summed E-state index contributed by atoms with van der Waals surface area (Å²) < 4.78 is 10.8. The summed E-state index contributed by atoms with van der Waals surface area (Å²) in [6.45, 7) is 9.88. The van der Waals surface area contributed by atoms with Gasteiger partial charge in [-0.1, -0.05) is 20.8 Å². The number of rotatable bonds is 13. The van der Waals surface area contributed by atoms with Crippen LogP contribution in [0.4, 0.5) is 4.79 Å². The molecule has 1 unspecified atom stereocenters. The largest absolute Gasteiger partial charge is 0.465 e. The van der Waals surface area contributed by atoms with Crippen LogP contribution in [0, 0.1) is 46.3 Å². The fourth-order valence-corrected chi connectivity index (χ4v) is 9.67. The predicted molar refractivity (Wildman–Crippen MR) is 150 cm³/mol. The van der Waals surface area contributed by atoms with E-state index in [1.807, 2.05) is 0 Å². The van der Waals surface area contributed by atoms with Crippen molar-refractivity contribution in [2.75, 3.05) is 39.5 Å². The van der Waals surface area contributed by atoms with E-state index in [4.69, 9.17) is 14.6 Å². The molecule has 0 saturated heterocycles. The van der Waals surface area contributed by atoms with E-state index >= 15 is 0 Å². The van der Waals surface area contributed by atoms with E-state index in [0.29, 0.717) is 68.0 Å². The number of carbonyl (C=O) groups is 2. The Morgan fingerprint density at radius 1 is 0.872 bits per heavy atom. The van der Waals surface area contributed by atoms with Gasteiger partial charge in [0.1, 0.15) is 0 Å². The van der Waals surface area contributed by atoms with Gasteiger partial charge in [0.2, 0.25) is 5.91 Å². The lowest BCUT2D eigenvalue weighted by molar-refractivity contribution is -0.130. The van der Waals surface area contributed by atoms with Gasteiger partial charge in [0.15, 0.2) is 0 Å². The first-order valence-electron chi connectivity index (χ1n) is 15.7. The van der Waals surface area contributed by atoms with Crippen LogP contribution >= 0.6 is 0 Å². The van der Waals surface area contributed by atoms with E-state index in [1.165, 1.54) is 44.9 Å². The number of aliphatic hydroxyl groups is 1. The molecule has 0 aromatic heterocycles. The molecule has 0 aliphatic heterocycles. The summed E-state index contributed by atoms with van der Waals surface area (Å²) in [6, 6.07) is 0. The van der Waals surface area contributed by atoms with Crippen LogP contribution in [0.25, 0.3) is 0 Å². The molecule has 39 heavy (non-hydrogen) atoms. The highest BCUT2D eigenvalue weighted by Crippen LogP contribution is 2.68. The van der Waals surface area contributed by atoms with Crippen LogP contribution in [0.15, 0.2) is 0 Å². The minimum absolute atomic E-state index is 0.0736. The van der Waals surface area contributed by atoms with E-state index in [9.17, 15) is 14.7 Å². The average Bonchev–Trinajstić information content (AvgIpc) is 3.26. The van der Waals surface area contributed by atoms with Gasteiger partial charge in [0.25, 0.3) is 0 Å². The van der Waals surface area contributed by atoms with Gasteiger partial charge in [-0.2, -0.15) is 0 Å². The smallest absolute Gasteiger partial charge is 0.404 e. The van der Waals surface area contributed by atoms with Crippen molar-refractivity contribution < 1.29 is 29.3 Å². The zero-order valence-electron chi connectivity index (χ0n) is 24.6. The second kappa shape index (κ2) is 13.5. The monoisotopic (exact) mass is 550 g/mol. The highest BCUT2D eigenvalue weighted by atomic mass is 16.5. The highest BCUT2D eigenvalue weighted by Gasteiger charge is 2.60. The Morgan fingerprint density at radius 3 is 2.26 bits per heavy atom. The van der Waals surface area contributed by atoms with Gasteiger partial charge >= 0.3 is 6.09 Å². The molecule has 2 amide bonds. The molecule has 4 aliphatic carbocycles. The van der Waals surface area contributed by atoms with Crippen LogP contribution in [0.3, 0.4) is 0 Å². The first-order chi connectivity index (χ1) is 18.6. The van der Waals surface area contributed by atoms with E-state index in [1.54, 1.807) is 0 Å². The predicted octanol–water partition coefficient (Wildman–Crippen LogP) is 4.84. The number of nitrogens with one attached hydrogen (secondary N) is 2. The van der Waals surface area contributed by atoms with Crippen LogP contribution in [-0.4, -0.2) is 67.8 Å². The van der Waals surface area contributed by atoms with Gasteiger partial charge in [-0.25, -0.2) is 4.79 Å². The Balaban J connectivity index is 1.15. The molecular formula is C31H54N2O6. The summed E-state index contributed by atoms with van der Waals surface area (Å²) in [5, 5.41) is 24.0. The average molecular weight is 551 g/mol. The molecule has 8 heteroatoms. The summed E-state index contributed by atoms with van der Waals surface area (Å²) in [6.07, 6.45) is 11.7. The molecule has 0 spiro atoms. The van der Waals surface area contributed by atoms with Crippen molar-refractivity contribution in [3.63, 3.8) is 0 Å². The third-order valence-electron chi connectivity index (χ3n) is 11.7. The quantitative estimate of drug-likeness (QED) is 0.244. The fraction of sp³-hybridized carbons (Fsp3) is 0.935. The van der Waals surface area contributed by atoms with Gasteiger partial charge in [-0.05, 0) is 111 Å². The summed E-state index contributed by atoms with van der Waals surface area (Å²) in [5.41, 5.74) is 0.843. The molecule has 4 fully saturated rings. The van der Waals surface area contributed by atoms with Crippen LogP contribution in [0.2, 0.25) is 0 Å². The molecule has 8 nitrogen and oxygen atoms in total. The molecule has 0 aromatic carbocycles. The minimum atomic E-state index is -1.05. The lowest BCUT2D eigenvalue weighted by atomic mass is 9.44. The van der Waals surface area contributed by atoms with Crippen molar-refractivity contribution in [2.45, 2.75) is 97.5 Å². The normalized spacial score (nSPS) is 38.3. The second-order valence-electron chi connectivity index (χ2n) is 13.6. The van der Waals surface area contributed by atoms with Gasteiger partial charge in [-0.15, -0.1) is 0 Å². The number of amides is 2. The number of carbonyl (C=O) groups excluding carboxylic acids is 1. The van der Waals surface area contributed by atoms with E-state index in [-0.39, 0.29) is 18.6 Å². The lowest BCUT2D eigenvalue weighted by Crippen LogP contribution is -2.54. The molecule has 4 rings (SSSR count). The van der Waals surface area contributed by atoms with Crippen molar-refractivity contribution in [2.24, 2.45) is 46.3 Å². The number of hydrogen-bond acceptors (Lipinski definition) is 5. The van der Waals surface area contributed by atoms with Crippen LogP contribution < -0.4 is 10.6 Å². The minimum Gasteiger partial charge on any atom is -0.465 e. The van der Waals surface area contributed by atoms with E-state index in [0.717, 1.165) is 37.0 Å². The summed E-state index contributed by atoms with van der Waals surface area (Å²) in [7, 11) is 0. The number of hydrogen-bond donors (Lipinski definition) is 4. The summed E-state index contributed by atoms with van der Waals surface area (Å²) >= 11 is 0. The fourth-order valence-electron chi connectivity index (χ4n) is 9.67. The zero-order chi connectivity index (χ0) is 28.0. The Morgan fingerprint density at radius 2 is 1.54 bits per heavy atom. The Bertz CT molecular complexity index is 825. The van der Waals surface area contributed by atoms with Gasteiger partial charge in [0, 0.05) is 19.5 Å². The lowest BCUT2D eigenvalue weighted by Gasteiger charge is -2.61. The zero-order valence-corrected chi connectivity index (χ0v) is 24.6. The molecule has 4 aliphatic rings. The molecule has 224 valence electrons. The van der Waals surface area contributed by atoms with Crippen molar-refractivity contribution in [1.29, 1.82) is 0 Å². The third kappa shape index (κ3) is 7.10. The summed E-state index contributed by atoms with van der Waals surface area (Å²) in [4.78, 5) is 22.9. The Labute approximate surface area is 235 Å². The highest BCUT2D eigenvalue weighted by molar-refractivity contribution is 5.75. The SMILES string of the molecule is CC(CCC(=O)NCCOCCOCCNC(=O)O)[C@H]1CC[C@H]2[C@@H]3CC[C@@H]4C[C@H](O)CC[C@]4(C)[C@H]3CC[C@]12C. The first kappa shape index (κ1) is 30.6. The number of carboxylic acid groups (broad SMARTS) is 1. The van der Waals surface area contributed by atoms with Crippen molar-refractivity contribution in [3.8, 4) is 0 Å². The number of aliphatic hydroxyl groups excluding tert-OH is 1.